The summed E-state index contributed by atoms with van der Waals surface area (Å²) in [5.74, 6) is 0. The maximum absolute atomic E-state index is 3.45. The monoisotopic (exact) mass is 182 g/mol. The number of rotatable bonds is 3. The Labute approximate surface area is 81.7 Å². The first-order valence-corrected chi connectivity index (χ1v) is 5.70. The molecule has 2 aliphatic rings. The quantitative estimate of drug-likeness (QED) is 0.711. The normalized spacial score (nSPS) is 33.2. The fourth-order valence-electron chi connectivity index (χ4n) is 2.35. The maximum atomic E-state index is 3.45. The standard InChI is InChI=1S/C11H22N2/c1-3-11(4-5-11)9-13-7-6-12-8-10(13)2/h10,12H,3-9H2,1-2H3. The van der Waals surface area contributed by atoms with Crippen molar-refractivity contribution in [1.82, 2.24) is 10.2 Å². The fourth-order valence-corrected chi connectivity index (χ4v) is 2.35. The molecule has 1 saturated heterocycles. The molecular formula is C11H22N2. The van der Waals surface area contributed by atoms with Gasteiger partial charge in [0.15, 0.2) is 0 Å². The van der Waals surface area contributed by atoms with Gasteiger partial charge < -0.3 is 5.32 Å². The molecule has 2 heteroatoms. The van der Waals surface area contributed by atoms with Crippen LogP contribution in [0.5, 0.6) is 0 Å². The summed E-state index contributed by atoms with van der Waals surface area (Å²) in [5, 5.41) is 3.45. The van der Waals surface area contributed by atoms with Crippen LogP contribution in [0.1, 0.15) is 33.1 Å². The number of nitrogens with one attached hydrogen (secondary N) is 1. The molecule has 1 aliphatic heterocycles. The zero-order valence-corrected chi connectivity index (χ0v) is 8.97. The lowest BCUT2D eigenvalue weighted by molar-refractivity contribution is 0.138. The Kier molecular flexibility index (Phi) is 2.61. The second-order valence-corrected chi connectivity index (χ2v) is 4.88. The van der Waals surface area contributed by atoms with Crippen molar-refractivity contribution in [3.8, 4) is 0 Å². The number of hydrogen-bond donors (Lipinski definition) is 1. The molecule has 1 unspecified atom stereocenters. The zero-order valence-electron chi connectivity index (χ0n) is 8.97. The van der Waals surface area contributed by atoms with E-state index in [1.807, 2.05) is 0 Å². The van der Waals surface area contributed by atoms with Gasteiger partial charge in [-0.15, -0.1) is 0 Å². The van der Waals surface area contributed by atoms with Gasteiger partial charge in [-0.3, -0.25) is 4.90 Å². The predicted molar refractivity (Wildman–Crippen MR) is 55.9 cm³/mol. The Morgan fingerprint density at radius 1 is 1.46 bits per heavy atom. The van der Waals surface area contributed by atoms with Gasteiger partial charge in [-0.05, 0) is 31.6 Å². The highest BCUT2D eigenvalue weighted by atomic mass is 15.2. The Balaban J connectivity index is 1.85. The van der Waals surface area contributed by atoms with E-state index in [2.05, 4.69) is 24.1 Å². The van der Waals surface area contributed by atoms with E-state index in [0.717, 1.165) is 11.5 Å². The Bertz CT molecular complexity index is 175. The molecule has 1 heterocycles. The summed E-state index contributed by atoms with van der Waals surface area (Å²) < 4.78 is 0. The van der Waals surface area contributed by atoms with E-state index in [0.29, 0.717) is 0 Å². The molecule has 1 atom stereocenters. The van der Waals surface area contributed by atoms with Crippen molar-refractivity contribution < 1.29 is 0 Å². The predicted octanol–water partition coefficient (Wildman–Crippen LogP) is 1.47. The molecule has 1 N–H and O–H groups in total. The van der Waals surface area contributed by atoms with E-state index in [-0.39, 0.29) is 0 Å². The van der Waals surface area contributed by atoms with Crippen LogP contribution in [0.25, 0.3) is 0 Å². The van der Waals surface area contributed by atoms with Crippen LogP contribution in [0.2, 0.25) is 0 Å². The van der Waals surface area contributed by atoms with Gasteiger partial charge in [0, 0.05) is 32.2 Å². The molecule has 13 heavy (non-hydrogen) atoms. The average molecular weight is 182 g/mol. The molecule has 0 radical (unpaired) electrons. The van der Waals surface area contributed by atoms with Crippen LogP contribution in [-0.2, 0) is 0 Å². The summed E-state index contributed by atoms with van der Waals surface area (Å²) in [4.78, 5) is 2.67. The highest BCUT2D eigenvalue weighted by Gasteiger charge is 2.42. The van der Waals surface area contributed by atoms with Crippen molar-refractivity contribution >= 4 is 0 Å². The molecular weight excluding hydrogens is 160 g/mol. The van der Waals surface area contributed by atoms with Gasteiger partial charge in [0.2, 0.25) is 0 Å². The van der Waals surface area contributed by atoms with Crippen LogP contribution in [-0.4, -0.2) is 37.1 Å². The summed E-state index contributed by atoms with van der Waals surface area (Å²) in [5.41, 5.74) is 0.728. The lowest BCUT2D eigenvalue weighted by Gasteiger charge is -2.36. The molecule has 0 spiro atoms. The second kappa shape index (κ2) is 3.58. The molecule has 0 aromatic rings. The summed E-state index contributed by atoms with van der Waals surface area (Å²) >= 11 is 0. The molecule has 2 nitrogen and oxygen atoms in total. The number of nitrogens with zero attached hydrogens (tertiary/aromatic N) is 1. The van der Waals surface area contributed by atoms with Crippen molar-refractivity contribution in [3.05, 3.63) is 0 Å². The van der Waals surface area contributed by atoms with Crippen molar-refractivity contribution in [3.63, 3.8) is 0 Å². The minimum absolute atomic E-state index is 0.728. The average Bonchev–Trinajstić information content (AvgIpc) is 2.90. The molecule has 1 saturated carbocycles. The van der Waals surface area contributed by atoms with E-state index in [4.69, 9.17) is 0 Å². The molecule has 0 aromatic heterocycles. The van der Waals surface area contributed by atoms with Crippen LogP contribution in [0.15, 0.2) is 0 Å². The van der Waals surface area contributed by atoms with Gasteiger partial charge in [-0.1, -0.05) is 6.92 Å². The van der Waals surface area contributed by atoms with E-state index in [1.54, 1.807) is 0 Å². The maximum Gasteiger partial charge on any atom is 0.0193 e. The van der Waals surface area contributed by atoms with Crippen LogP contribution in [0, 0.1) is 5.41 Å². The Morgan fingerprint density at radius 3 is 2.77 bits per heavy atom. The third kappa shape index (κ3) is 2.05. The topological polar surface area (TPSA) is 15.3 Å². The first kappa shape index (κ1) is 9.47. The van der Waals surface area contributed by atoms with Crippen LogP contribution in [0.3, 0.4) is 0 Å². The van der Waals surface area contributed by atoms with Crippen LogP contribution < -0.4 is 5.32 Å². The van der Waals surface area contributed by atoms with Gasteiger partial charge in [0.1, 0.15) is 0 Å². The summed E-state index contributed by atoms with van der Waals surface area (Å²) in [6.45, 7) is 9.66. The van der Waals surface area contributed by atoms with Crippen molar-refractivity contribution in [1.29, 1.82) is 0 Å². The van der Waals surface area contributed by atoms with Gasteiger partial charge >= 0.3 is 0 Å². The van der Waals surface area contributed by atoms with Crippen molar-refractivity contribution in [2.45, 2.75) is 39.2 Å². The molecule has 2 rings (SSSR count). The highest BCUT2D eigenvalue weighted by Crippen LogP contribution is 2.49. The first-order valence-electron chi connectivity index (χ1n) is 5.70. The Morgan fingerprint density at radius 2 is 2.23 bits per heavy atom. The molecule has 76 valence electrons. The highest BCUT2D eigenvalue weighted by molar-refractivity contribution is 4.95. The third-order valence-corrected chi connectivity index (χ3v) is 3.88. The zero-order chi connectivity index (χ0) is 9.31. The number of piperazine rings is 1. The van der Waals surface area contributed by atoms with Crippen molar-refractivity contribution in [2.75, 3.05) is 26.2 Å². The van der Waals surface area contributed by atoms with Crippen LogP contribution >= 0.6 is 0 Å². The first-order chi connectivity index (χ1) is 6.26. The molecule has 1 aliphatic carbocycles. The molecule has 0 aromatic carbocycles. The minimum Gasteiger partial charge on any atom is -0.314 e. The summed E-state index contributed by atoms with van der Waals surface area (Å²) in [7, 11) is 0. The van der Waals surface area contributed by atoms with Gasteiger partial charge in [0.25, 0.3) is 0 Å². The largest absolute Gasteiger partial charge is 0.314 e. The molecule has 0 bridgehead atoms. The summed E-state index contributed by atoms with van der Waals surface area (Å²) in [6, 6.07) is 0.748. The third-order valence-electron chi connectivity index (χ3n) is 3.88. The second-order valence-electron chi connectivity index (χ2n) is 4.88. The smallest absolute Gasteiger partial charge is 0.0193 e. The Hall–Kier alpha value is -0.0800. The van der Waals surface area contributed by atoms with Gasteiger partial charge in [0.05, 0.1) is 0 Å². The van der Waals surface area contributed by atoms with E-state index in [1.165, 1.54) is 45.4 Å². The van der Waals surface area contributed by atoms with E-state index in [9.17, 15) is 0 Å². The lowest BCUT2D eigenvalue weighted by Crippen LogP contribution is -2.51. The SMILES string of the molecule is CCC1(CN2CCNCC2C)CC1. The lowest BCUT2D eigenvalue weighted by atomic mass is 10.0. The molecule has 2 fully saturated rings. The molecule has 0 amide bonds. The fraction of sp³-hybridized carbons (Fsp3) is 1.00. The minimum atomic E-state index is 0.728. The van der Waals surface area contributed by atoms with Crippen molar-refractivity contribution in [2.24, 2.45) is 5.41 Å². The van der Waals surface area contributed by atoms with Gasteiger partial charge in [-0.25, -0.2) is 0 Å². The van der Waals surface area contributed by atoms with E-state index >= 15 is 0 Å². The summed E-state index contributed by atoms with van der Waals surface area (Å²) in [6.07, 6.45) is 4.32. The van der Waals surface area contributed by atoms with Crippen LogP contribution in [0.4, 0.5) is 0 Å². The number of hydrogen-bond acceptors (Lipinski definition) is 2. The van der Waals surface area contributed by atoms with E-state index < -0.39 is 0 Å². The van der Waals surface area contributed by atoms with Gasteiger partial charge in [-0.2, -0.15) is 0 Å².